The molecule has 104 valence electrons. The van der Waals surface area contributed by atoms with Crippen LogP contribution < -0.4 is 10.1 Å². The van der Waals surface area contributed by atoms with E-state index in [4.69, 9.17) is 4.74 Å². The van der Waals surface area contributed by atoms with E-state index in [9.17, 15) is 9.59 Å². The van der Waals surface area contributed by atoms with Crippen LogP contribution in [-0.2, 0) is 14.3 Å². The van der Waals surface area contributed by atoms with Gasteiger partial charge in [0.15, 0.2) is 0 Å². The van der Waals surface area contributed by atoms with Crippen LogP contribution in [0.25, 0.3) is 0 Å². The van der Waals surface area contributed by atoms with E-state index in [2.05, 4.69) is 26.0 Å². The number of carbonyl (C=O) groups excluding carboxylic acids is 2. The van der Waals surface area contributed by atoms with Crippen molar-refractivity contribution < 1.29 is 19.1 Å². The highest BCUT2D eigenvalue weighted by Gasteiger charge is 2.06. The van der Waals surface area contributed by atoms with Gasteiger partial charge in [-0.1, -0.05) is 22.0 Å². The normalized spacial score (nSPS) is 9.79. The first-order valence-corrected chi connectivity index (χ1v) is 6.71. The Hall–Kier alpha value is -1.56. The Balaban J connectivity index is 2.18. The van der Waals surface area contributed by atoms with E-state index in [1.54, 1.807) is 13.0 Å². The predicted molar refractivity (Wildman–Crippen MR) is 73.9 cm³/mol. The van der Waals surface area contributed by atoms with Gasteiger partial charge in [0.05, 0.1) is 19.6 Å². The summed E-state index contributed by atoms with van der Waals surface area (Å²) in [5, 5.41) is 2.46. The third-order valence-electron chi connectivity index (χ3n) is 2.13. The minimum absolute atomic E-state index is 0.108. The molecule has 0 aromatic heterocycles. The lowest BCUT2D eigenvalue weighted by Crippen LogP contribution is -2.31. The second kappa shape index (κ2) is 8.53. The molecule has 0 unspecified atom stereocenters. The Morgan fingerprint density at radius 3 is 2.84 bits per heavy atom. The Morgan fingerprint density at radius 2 is 2.16 bits per heavy atom. The van der Waals surface area contributed by atoms with E-state index in [1.165, 1.54) is 0 Å². The average molecular weight is 330 g/mol. The molecule has 1 aromatic carbocycles. The minimum Gasteiger partial charge on any atom is -0.493 e. The van der Waals surface area contributed by atoms with Crippen LogP contribution >= 0.6 is 15.9 Å². The van der Waals surface area contributed by atoms with Gasteiger partial charge in [0.25, 0.3) is 0 Å². The molecule has 0 fully saturated rings. The van der Waals surface area contributed by atoms with Crippen LogP contribution in [0.4, 0.5) is 0 Å². The Morgan fingerprint density at radius 1 is 1.37 bits per heavy atom. The number of hydrogen-bond acceptors (Lipinski definition) is 4. The number of rotatable bonds is 7. The summed E-state index contributed by atoms with van der Waals surface area (Å²) in [4.78, 5) is 22.4. The van der Waals surface area contributed by atoms with Crippen molar-refractivity contribution in [2.45, 2.75) is 13.3 Å². The first-order valence-electron chi connectivity index (χ1n) is 5.92. The van der Waals surface area contributed by atoms with Crippen LogP contribution in [0.5, 0.6) is 5.75 Å². The van der Waals surface area contributed by atoms with Crippen LogP contribution in [0.1, 0.15) is 13.3 Å². The number of esters is 1. The molecule has 0 spiro atoms. The number of benzene rings is 1. The van der Waals surface area contributed by atoms with Crippen molar-refractivity contribution >= 4 is 27.8 Å². The summed E-state index contributed by atoms with van der Waals surface area (Å²) in [6.07, 6.45) is 0.186. The smallest absolute Gasteiger partial charge is 0.325 e. The van der Waals surface area contributed by atoms with Gasteiger partial charge >= 0.3 is 5.97 Å². The second-order valence-electron chi connectivity index (χ2n) is 3.64. The van der Waals surface area contributed by atoms with Crippen molar-refractivity contribution in [3.63, 3.8) is 0 Å². The number of ether oxygens (including phenoxy) is 2. The summed E-state index contributed by atoms with van der Waals surface area (Å²) in [5.41, 5.74) is 0. The maximum atomic E-state index is 11.4. The standard InChI is InChI=1S/C13H16BrNO4/c1-2-18-13(17)9-15-12(16)6-7-19-11-5-3-4-10(14)8-11/h3-5,8H,2,6-7,9H2,1H3,(H,15,16). The molecule has 0 aliphatic heterocycles. The molecule has 1 rings (SSSR count). The largest absolute Gasteiger partial charge is 0.493 e. The number of halogens is 1. The van der Waals surface area contributed by atoms with Crippen molar-refractivity contribution in [2.75, 3.05) is 19.8 Å². The summed E-state index contributed by atoms with van der Waals surface area (Å²) in [7, 11) is 0. The fraction of sp³-hybridized carbons (Fsp3) is 0.385. The lowest BCUT2D eigenvalue weighted by atomic mass is 10.3. The molecule has 1 aromatic rings. The first-order chi connectivity index (χ1) is 9.11. The molecular weight excluding hydrogens is 314 g/mol. The van der Waals surface area contributed by atoms with Gasteiger partial charge in [-0.3, -0.25) is 9.59 Å². The maximum Gasteiger partial charge on any atom is 0.325 e. The topological polar surface area (TPSA) is 64.6 Å². The second-order valence-corrected chi connectivity index (χ2v) is 4.55. The van der Waals surface area contributed by atoms with Crippen molar-refractivity contribution in [3.05, 3.63) is 28.7 Å². The molecule has 0 saturated carbocycles. The molecule has 0 bridgehead atoms. The van der Waals surface area contributed by atoms with E-state index in [0.717, 1.165) is 4.47 Å². The van der Waals surface area contributed by atoms with Gasteiger partial charge in [0.1, 0.15) is 12.3 Å². The Kier molecular flexibility index (Phi) is 6.95. The predicted octanol–water partition coefficient (Wildman–Crippen LogP) is 1.90. The number of nitrogens with one attached hydrogen (secondary N) is 1. The third kappa shape index (κ3) is 6.81. The van der Waals surface area contributed by atoms with Gasteiger partial charge in [-0.15, -0.1) is 0 Å². The quantitative estimate of drug-likeness (QED) is 0.776. The van der Waals surface area contributed by atoms with Crippen LogP contribution in [-0.4, -0.2) is 31.6 Å². The van der Waals surface area contributed by atoms with Crippen molar-refractivity contribution in [1.29, 1.82) is 0 Å². The SMILES string of the molecule is CCOC(=O)CNC(=O)CCOc1cccc(Br)c1. The van der Waals surface area contributed by atoms with Crippen LogP contribution in [0.3, 0.4) is 0 Å². The number of hydrogen-bond donors (Lipinski definition) is 1. The molecule has 19 heavy (non-hydrogen) atoms. The minimum atomic E-state index is -0.441. The fourth-order valence-electron chi connectivity index (χ4n) is 1.29. The first kappa shape index (κ1) is 15.5. The molecule has 5 nitrogen and oxygen atoms in total. The lowest BCUT2D eigenvalue weighted by molar-refractivity contribution is -0.143. The molecule has 0 atom stereocenters. The summed E-state index contributed by atoms with van der Waals surface area (Å²) < 4.78 is 11.0. The summed E-state index contributed by atoms with van der Waals surface area (Å²) in [6.45, 7) is 2.17. The van der Waals surface area contributed by atoms with E-state index in [1.807, 2.05) is 18.2 Å². The highest BCUT2D eigenvalue weighted by molar-refractivity contribution is 9.10. The average Bonchev–Trinajstić information content (AvgIpc) is 2.37. The molecule has 0 saturated heterocycles. The van der Waals surface area contributed by atoms with Gasteiger partial charge in [0, 0.05) is 4.47 Å². The van der Waals surface area contributed by atoms with Crippen LogP contribution in [0.15, 0.2) is 28.7 Å². The van der Waals surface area contributed by atoms with Gasteiger partial charge in [-0.25, -0.2) is 0 Å². The van der Waals surface area contributed by atoms with Gasteiger partial charge in [-0.05, 0) is 25.1 Å². The van der Waals surface area contributed by atoms with Crippen LogP contribution in [0.2, 0.25) is 0 Å². The molecule has 0 aliphatic carbocycles. The zero-order valence-corrected chi connectivity index (χ0v) is 12.2. The summed E-state index contributed by atoms with van der Waals surface area (Å²) in [6, 6.07) is 7.36. The molecule has 0 heterocycles. The lowest BCUT2D eigenvalue weighted by Gasteiger charge is -2.07. The van der Waals surface area contributed by atoms with Crippen molar-refractivity contribution in [3.8, 4) is 5.75 Å². The molecule has 0 radical (unpaired) electrons. The van der Waals surface area contributed by atoms with E-state index in [0.29, 0.717) is 12.4 Å². The van der Waals surface area contributed by atoms with Gasteiger partial charge < -0.3 is 14.8 Å². The fourth-order valence-corrected chi connectivity index (χ4v) is 1.67. The van der Waals surface area contributed by atoms with Crippen molar-refractivity contribution in [1.82, 2.24) is 5.32 Å². The van der Waals surface area contributed by atoms with Gasteiger partial charge in [0.2, 0.25) is 5.91 Å². The highest BCUT2D eigenvalue weighted by atomic mass is 79.9. The zero-order chi connectivity index (χ0) is 14.1. The molecule has 0 aliphatic rings. The highest BCUT2D eigenvalue weighted by Crippen LogP contribution is 2.17. The third-order valence-corrected chi connectivity index (χ3v) is 2.62. The Bertz CT molecular complexity index is 436. The van der Waals surface area contributed by atoms with Gasteiger partial charge in [-0.2, -0.15) is 0 Å². The van der Waals surface area contributed by atoms with E-state index < -0.39 is 5.97 Å². The Labute approximate surface area is 120 Å². The summed E-state index contributed by atoms with van der Waals surface area (Å²) in [5.74, 6) is -0.000578. The summed E-state index contributed by atoms with van der Waals surface area (Å²) >= 11 is 3.33. The molecule has 1 N–H and O–H groups in total. The monoisotopic (exact) mass is 329 g/mol. The van der Waals surface area contributed by atoms with E-state index in [-0.39, 0.29) is 25.5 Å². The molecule has 6 heteroatoms. The number of carbonyl (C=O) groups is 2. The number of amides is 1. The van der Waals surface area contributed by atoms with E-state index >= 15 is 0 Å². The van der Waals surface area contributed by atoms with Crippen molar-refractivity contribution in [2.24, 2.45) is 0 Å². The van der Waals surface area contributed by atoms with Crippen LogP contribution in [0, 0.1) is 0 Å². The molecule has 1 amide bonds. The zero-order valence-electron chi connectivity index (χ0n) is 10.6. The maximum absolute atomic E-state index is 11.4. The molecular formula is C13H16BrNO4.